The van der Waals surface area contributed by atoms with E-state index in [0.29, 0.717) is 17.1 Å². The zero-order chi connectivity index (χ0) is 24.5. The molecule has 1 aromatic carbocycles. The summed E-state index contributed by atoms with van der Waals surface area (Å²) >= 11 is 0. The zero-order valence-electron chi connectivity index (χ0n) is 19.0. The second-order valence-corrected chi connectivity index (χ2v) is 8.48. The lowest BCUT2D eigenvalue weighted by molar-refractivity contribution is -0.116. The monoisotopic (exact) mass is 449 g/mol. The Hall–Kier alpha value is -4.06. The summed E-state index contributed by atoms with van der Waals surface area (Å²) in [6, 6.07) is 3.68. The van der Waals surface area contributed by atoms with E-state index in [1.54, 1.807) is 37.9 Å². The topological polar surface area (TPSA) is 101 Å². The third kappa shape index (κ3) is 4.46. The molecule has 0 fully saturated rings. The van der Waals surface area contributed by atoms with E-state index in [4.69, 9.17) is 6.57 Å². The van der Waals surface area contributed by atoms with Crippen LogP contribution in [0.3, 0.4) is 0 Å². The lowest BCUT2D eigenvalue weighted by Crippen LogP contribution is -2.28. The average Bonchev–Trinajstić information content (AvgIpc) is 3.37. The van der Waals surface area contributed by atoms with Crippen molar-refractivity contribution >= 4 is 28.8 Å². The number of benzene rings is 1. The van der Waals surface area contributed by atoms with Gasteiger partial charge in [-0.05, 0) is 37.6 Å². The van der Waals surface area contributed by atoms with E-state index in [1.165, 1.54) is 12.1 Å². The van der Waals surface area contributed by atoms with Crippen LogP contribution in [0, 0.1) is 26.2 Å². The van der Waals surface area contributed by atoms with Crippen LogP contribution >= 0.6 is 0 Å². The normalized spacial score (nSPS) is 11.2. The predicted molar refractivity (Wildman–Crippen MR) is 121 cm³/mol. The number of nitrogens with one attached hydrogen (secondary N) is 2. The quantitative estimate of drug-likeness (QED) is 0.317. The third-order valence-electron chi connectivity index (χ3n) is 5.69. The zero-order valence-corrected chi connectivity index (χ0v) is 19.0. The molecule has 0 atom stereocenters. The van der Waals surface area contributed by atoms with E-state index in [0.717, 1.165) is 6.07 Å². The van der Waals surface area contributed by atoms with Gasteiger partial charge in [-0.15, -0.1) is 0 Å². The molecule has 2 N–H and O–H groups in total. The second-order valence-electron chi connectivity index (χ2n) is 8.48. The summed E-state index contributed by atoms with van der Waals surface area (Å²) in [5, 5.41) is 2.63. The number of aromatic amines is 1. The van der Waals surface area contributed by atoms with Crippen molar-refractivity contribution in [3.8, 4) is 0 Å². The summed E-state index contributed by atoms with van der Waals surface area (Å²) in [7, 11) is 1.63. The van der Waals surface area contributed by atoms with Gasteiger partial charge in [-0.1, -0.05) is 13.8 Å². The highest BCUT2D eigenvalue weighted by molar-refractivity contribution is 6.44. The number of amides is 1. The highest BCUT2D eigenvalue weighted by Gasteiger charge is 2.33. The number of carbonyl (C=O) groups excluding carboxylic acids is 3. The molecule has 1 amide bonds. The van der Waals surface area contributed by atoms with Crippen LogP contribution < -0.4 is 5.32 Å². The number of hydrogen-bond acceptors (Lipinski definition) is 4. The molecule has 0 aliphatic rings. The first kappa shape index (κ1) is 23.6. The summed E-state index contributed by atoms with van der Waals surface area (Å²) in [6.45, 7) is 13.9. The van der Waals surface area contributed by atoms with Crippen molar-refractivity contribution in [1.29, 1.82) is 0 Å². The first-order valence-corrected chi connectivity index (χ1v) is 10.2. The molecule has 3 aromatic rings. The fraction of sp³-hybridized carbons (Fsp3) is 0.292. The van der Waals surface area contributed by atoms with E-state index >= 15 is 0 Å². The number of aromatic nitrogens is 3. The van der Waals surface area contributed by atoms with E-state index < -0.39 is 28.7 Å². The van der Waals surface area contributed by atoms with Crippen molar-refractivity contribution < 1.29 is 18.8 Å². The maximum atomic E-state index is 13.6. The minimum atomic E-state index is -0.683. The van der Waals surface area contributed by atoms with Crippen molar-refractivity contribution in [3.05, 3.63) is 76.2 Å². The Balaban J connectivity index is 1.88. The number of anilines is 1. The van der Waals surface area contributed by atoms with Crippen molar-refractivity contribution in [1.82, 2.24) is 14.5 Å². The van der Waals surface area contributed by atoms with E-state index in [2.05, 4.69) is 20.1 Å². The predicted octanol–water partition coefficient (Wildman–Crippen LogP) is 4.43. The average molecular weight is 449 g/mol. The van der Waals surface area contributed by atoms with Gasteiger partial charge in [0.2, 0.25) is 17.3 Å². The molecular weight excluding hydrogens is 425 g/mol. The molecule has 9 heteroatoms. The molecule has 2 aromatic heterocycles. The van der Waals surface area contributed by atoms with Crippen LogP contribution in [-0.4, -0.2) is 32.0 Å². The van der Waals surface area contributed by atoms with E-state index in [1.807, 2.05) is 13.8 Å². The molecule has 170 valence electrons. The largest absolute Gasteiger partial charge is 0.348 e. The van der Waals surface area contributed by atoms with Crippen LogP contribution in [-0.2, 0) is 17.3 Å². The lowest BCUT2D eigenvalue weighted by Gasteiger charge is -2.20. The summed E-state index contributed by atoms with van der Waals surface area (Å²) < 4.78 is 15.1. The highest BCUT2D eigenvalue weighted by atomic mass is 19.1. The first-order valence-electron chi connectivity index (χ1n) is 10.2. The molecule has 0 saturated carbocycles. The van der Waals surface area contributed by atoms with Gasteiger partial charge < -0.3 is 14.9 Å². The van der Waals surface area contributed by atoms with Gasteiger partial charge in [-0.25, -0.2) is 14.2 Å². The second kappa shape index (κ2) is 8.82. The SMILES string of the molecule is [C-]#[N+]c1cc(NC(=O)c2c(C)c(C(=O)C(=O)CC(C)(C)c3ncc[nH]3)c(C)n2C)ccc1F. The van der Waals surface area contributed by atoms with Gasteiger partial charge in [0.15, 0.2) is 0 Å². The van der Waals surface area contributed by atoms with Crippen LogP contribution in [0.1, 0.15) is 58.2 Å². The minimum absolute atomic E-state index is 0.0520. The number of ketones is 2. The number of imidazole rings is 1. The minimum Gasteiger partial charge on any atom is -0.348 e. The Labute approximate surface area is 190 Å². The Morgan fingerprint density at radius 2 is 1.97 bits per heavy atom. The molecule has 0 bridgehead atoms. The molecule has 0 radical (unpaired) electrons. The molecule has 8 nitrogen and oxygen atoms in total. The number of halogens is 1. The van der Waals surface area contributed by atoms with Crippen LogP contribution in [0.5, 0.6) is 0 Å². The van der Waals surface area contributed by atoms with Crippen molar-refractivity contribution in [2.75, 3.05) is 5.32 Å². The van der Waals surface area contributed by atoms with E-state index in [-0.39, 0.29) is 29.1 Å². The smallest absolute Gasteiger partial charge is 0.272 e. The maximum Gasteiger partial charge on any atom is 0.272 e. The fourth-order valence-electron chi connectivity index (χ4n) is 3.84. The van der Waals surface area contributed by atoms with Gasteiger partial charge in [0.1, 0.15) is 17.3 Å². The number of H-pyrrole nitrogens is 1. The molecule has 0 aliphatic heterocycles. The molecule has 3 rings (SSSR count). The summed E-state index contributed by atoms with van der Waals surface area (Å²) in [4.78, 5) is 49.2. The van der Waals surface area contributed by atoms with Gasteiger partial charge >= 0.3 is 0 Å². The molecule has 2 heterocycles. The number of hydrogen-bond donors (Lipinski definition) is 2. The van der Waals surface area contributed by atoms with Gasteiger partial charge in [-0.3, -0.25) is 14.4 Å². The maximum absolute atomic E-state index is 13.6. The Morgan fingerprint density at radius 1 is 1.27 bits per heavy atom. The highest BCUT2D eigenvalue weighted by Crippen LogP contribution is 2.28. The van der Waals surface area contributed by atoms with Crippen LogP contribution in [0.4, 0.5) is 15.8 Å². The molecule has 0 unspecified atom stereocenters. The van der Waals surface area contributed by atoms with Crippen LogP contribution in [0.15, 0.2) is 30.6 Å². The molecule has 0 saturated heterocycles. The molecule has 0 spiro atoms. The summed E-state index contributed by atoms with van der Waals surface area (Å²) in [6.07, 6.45) is 3.19. The van der Waals surface area contributed by atoms with Crippen LogP contribution in [0.25, 0.3) is 4.85 Å². The first-order chi connectivity index (χ1) is 15.5. The third-order valence-corrected chi connectivity index (χ3v) is 5.69. The number of rotatable bonds is 7. The van der Waals surface area contributed by atoms with Crippen molar-refractivity contribution in [2.45, 2.75) is 39.5 Å². The lowest BCUT2D eigenvalue weighted by atomic mass is 9.84. The number of Topliss-reactive ketones (excluding diaryl/α,β-unsaturated/α-hetero) is 2. The standard InChI is InChI=1S/C24H24FN5O3/c1-13-19(21(32)18(31)12-24(3,4)23-27-9-10-28-23)14(2)30(6)20(13)22(33)29-15-7-8-16(25)17(11-15)26-5/h7-11H,12H2,1-4,6H3,(H,27,28)(H,29,33). The Morgan fingerprint density at radius 3 is 2.58 bits per heavy atom. The Kier molecular flexibility index (Phi) is 6.31. The summed E-state index contributed by atoms with van der Waals surface area (Å²) in [5.74, 6) is -1.87. The number of nitrogens with zero attached hydrogens (tertiary/aromatic N) is 3. The number of carbonyl (C=O) groups is 3. The van der Waals surface area contributed by atoms with Gasteiger partial charge in [-0.2, -0.15) is 0 Å². The fourth-order valence-corrected chi connectivity index (χ4v) is 3.84. The van der Waals surface area contributed by atoms with Crippen molar-refractivity contribution in [2.24, 2.45) is 7.05 Å². The van der Waals surface area contributed by atoms with Gasteiger partial charge in [0, 0.05) is 42.7 Å². The van der Waals surface area contributed by atoms with Gasteiger partial charge in [0.25, 0.3) is 5.91 Å². The molecule has 33 heavy (non-hydrogen) atoms. The molecular formula is C24H24FN5O3. The Bertz CT molecular complexity index is 1300. The summed E-state index contributed by atoms with van der Waals surface area (Å²) in [5.41, 5.74) is 0.590. The van der Waals surface area contributed by atoms with E-state index in [9.17, 15) is 18.8 Å². The molecule has 0 aliphatic carbocycles. The van der Waals surface area contributed by atoms with Gasteiger partial charge in [0.05, 0.1) is 12.1 Å². The van der Waals surface area contributed by atoms with Crippen LogP contribution in [0.2, 0.25) is 0 Å². The van der Waals surface area contributed by atoms with Crippen molar-refractivity contribution in [3.63, 3.8) is 0 Å².